The van der Waals surface area contributed by atoms with E-state index < -0.39 is 0 Å². The van der Waals surface area contributed by atoms with E-state index in [0.29, 0.717) is 0 Å². The predicted molar refractivity (Wildman–Crippen MR) is 62.2 cm³/mol. The SMILES string of the molecule is CCOCCc1nc2c(s1)C(N)CCC2. The average Bonchev–Trinajstić information content (AvgIpc) is 2.63. The molecule has 0 aliphatic heterocycles. The summed E-state index contributed by atoms with van der Waals surface area (Å²) in [4.78, 5) is 5.94. The Balaban J connectivity index is 2.01. The van der Waals surface area contributed by atoms with Gasteiger partial charge >= 0.3 is 0 Å². The van der Waals surface area contributed by atoms with Gasteiger partial charge in [-0.3, -0.25) is 0 Å². The van der Waals surface area contributed by atoms with Crippen molar-refractivity contribution in [3.63, 3.8) is 0 Å². The highest BCUT2D eigenvalue weighted by Gasteiger charge is 2.21. The topological polar surface area (TPSA) is 48.1 Å². The zero-order valence-electron chi connectivity index (χ0n) is 9.16. The largest absolute Gasteiger partial charge is 0.381 e. The Morgan fingerprint density at radius 1 is 1.60 bits per heavy atom. The molecule has 0 bridgehead atoms. The maximum absolute atomic E-state index is 6.05. The molecule has 1 aliphatic carbocycles. The van der Waals surface area contributed by atoms with Gasteiger partial charge < -0.3 is 10.5 Å². The van der Waals surface area contributed by atoms with Crippen molar-refractivity contribution in [2.45, 2.75) is 38.6 Å². The number of rotatable bonds is 4. The maximum Gasteiger partial charge on any atom is 0.0954 e. The highest BCUT2D eigenvalue weighted by Crippen LogP contribution is 2.32. The maximum atomic E-state index is 6.05. The number of hydrogen-bond acceptors (Lipinski definition) is 4. The molecule has 0 fully saturated rings. The molecule has 0 spiro atoms. The van der Waals surface area contributed by atoms with E-state index in [2.05, 4.69) is 4.98 Å². The summed E-state index contributed by atoms with van der Waals surface area (Å²) in [6.45, 7) is 3.57. The van der Waals surface area contributed by atoms with E-state index in [1.807, 2.05) is 6.92 Å². The number of thiazole rings is 1. The molecule has 1 aromatic rings. The van der Waals surface area contributed by atoms with Crippen LogP contribution < -0.4 is 5.73 Å². The molecule has 15 heavy (non-hydrogen) atoms. The van der Waals surface area contributed by atoms with Crippen LogP contribution in [0.5, 0.6) is 0 Å². The van der Waals surface area contributed by atoms with Crippen molar-refractivity contribution in [2.24, 2.45) is 5.73 Å². The van der Waals surface area contributed by atoms with Gasteiger partial charge in [-0.1, -0.05) is 0 Å². The van der Waals surface area contributed by atoms with Crippen LogP contribution in [0.15, 0.2) is 0 Å². The summed E-state index contributed by atoms with van der Waals surface area (Å²) < 4.78 is 5.33. The lowest BCUT2D eigenvalue weighted by Crippen LogP contribution is -2.15. The number of fused-ring (bicyclic) bond motifs is 1. The summed E-state index contributed by atoms with van der Waals surface area (Å²) in [6.07, 6.45) is 4.33. The van der Waals surface area contributed by atoms with Gasteiger partial charge in [0.1, 0.15) is 0 Å². The first kappa shape index (κ1) is 11.0. The fourth-order valence-corrected chi connectivity index (χ4v) is 3.04. The van der Waals surface area contributed by atoms with Crippen molar-refractivity contribution >= 4 is 11.3 Å². The van der Waals surface area contributed by atoms with Crippen molar-refractivity contribution in [1.82, 2.24) is 4.98 Å². The number of hydrogen-bond donors (Lipinski definition) is 1. The molecule has 2 rings (SSSR count). The third-order valence-electron chi connectivity index (χ3n) is 2.70. The van der Waals surface area contributed by atoms with E-state index in [0.717, 1.165) is 32.5 Å². The molecule has 0 saturated carbocycles. The van der Waals surface area contributed by atoms with Crippen LogP contribution in [-0.2, 0) is 17.6 Å². The number of nitrogens with two attached hydrogens (primary N) is 1. The minimum atomic E-state index is 0.229. The van der Waals surface area contributed by atoms with Crippen LogP contribution in [0.2, 0.25) is 0 Å². The average molecular weight is 226 g/mol. The van der Waals surface area contributed by atoms with E-state index in [1.165, 1.54) is 22.0 Å². The molecule has 0 saturated heterocycles. The van der Waals surface area contributed by atoms with Crippen molar-refractivity contribution < 1.29 is 4.74 Å². The summed E-state index contributed by atoms with van der Waals surface area (Å²) in [5, 5.41) is 1.19. The van der Waals surface area contributed by atoms with Crippen molar-refractivity contribution in [3.05, 3.63) is 15.6 Å². The van der Waals surface area contributed by atoms with Crippen LogP contribution >= 0.6 is 11.3 Å². The zero-order valence-corrected chi connectivity index (χ0v) is 9.98. The second kappa shape index (κ2) is 5.05. The van der Waals surface area contributed by atoms with Gasteiger partial charge in [0, 0.05) is 23.9 Å². The molecule has 1 unspecified atom stereocenters. The van der Waals surface area contributed by atoms with Gasteiger partial charge in [-0.15, -0.1) is 11.3 Å². The van der Waals surface area contributed by atoms with E-state index in [9.17, 15) is 0 Å². The summed E-state index contributed by atoms with van der Waals surface area (Å²) in [5.74, 6) is 0. The van der Waals surface area contributed by atoms with Crippen LogP contribution in [0.4, 0.5) is 0 Å². The molecule has 1 heterocycles. The highest BCUT2D eigenvalue weighted by molar-refractivity contribution is 7.11. The molecule has 2 N–H and O–H groups in total. The van der Waals surface area contributed by atoms with Gasteiger partial charge in [0.2, 0.25) is 0 Å². The van der Waals surface area contributed by atoms with Crippen LogP contribution in [0.25, 0.3) is 0 Å². The molecular formula is C11H18N2OS. The summed E-state index contributed by atoms with van der Waals surface area (Å²) in [5.41, 5.74) is 7.29. The van der Waals surface area contributed by atoms with Gasteiger partial charge in [-0.25, -0.2) is 4.98 Å². The first-order valence-corrected chi connectivity index (χ1v) is 6.44. The molecule has 3 nitrogen and oxygen atoms in total. The minimum Gasteiger partial charge on any atom is -0.381 e. The van der Waals surface area contributed by atoms with Gasteiger partial charge in [0.25, 0.3) is 0 Å². The Hall–Kier alpha value is -0.450. The van der Waals surface area contributed by atoms with E-state index in [-0.39, 0.29) is 6.04 Å². The Morgan fingerprint density at radius 2 is 2.47 bits per heavy atom. The predicted octanol–water partition coefficient (Wildman–Crippen LogP) is 2.06. The Bertz CT molecular complexity index is 324. The standard InChI is InChI=1S/C11H18N2OS/c1-2-14-7-6-10-13-9-5-3-4-8(12)11(9)15-10/h8H,2-7,12H2,1H3. The third-order valence-corrected chi connectivity index (χ3v) is 3.99. The second-order valence-electron chi connectivity index (χ2n) is 3.86. The normalized spacial score (nSPS) is 20.3. The van der Waals surface area contributed by atoms with Crippen LogP contribution in [-0.4, -0.2) is 18.2 Å². The van der Waals surface area contributed by atoms with E-state index in [1.54, 1.807) is 11.3 Å². The Labute approximate surface area is 94.7 Å². The van der Waals surface area contributed by atoms with Gasteiger partial charge in [-0.2, -0.15) is 0 Å². The van der Waals surface area contributed by atoms with Crippen molar-refractivity contribution in [1.29, 1.82) is 0 Å². The molecule has 0 amide bonds. The third kappa shape index (κ3) is 2.56. The smallest absolute Gasteiger partial charge is 0.0954 e. The lowest BCUT2D eigenvalue weighted by Gasteiger charge is -2.15. The lowest BCUT2D eigenvalue weighted by atomic mass is 9.99. The Morgan fingerprint density at radius 3 is 3.20 bits per heavy atom. The number of nitrogens with zero attached hydrogens (tertiary/aromatic N) is 1. The van der Waals surface area contributed by atoms with E-state index >= 15 is 0 Å². The minimum absolute atomic E-state index is 0.229. The molecular weight excluding hydrogens is 208 g/mol. The fraction of sp³-hybridized carbons (Fsp3) is 0.727. The number of aryl methyl sites for hydroxylation is 1. The fourth-order valence-electron chi connectivity index (χ4n) is 1.91. The second-order valence-corrected chi connectivity index (χ2v) is 4.98. The molecule has 4 heteroatoms. The first-order chi connectivity index (χ1) is 7.31. The Kier molecular flexibility index (Phi) is 3.72. The molecule has 0 aromatic carbocycles. The van der Waals surface area contributed by atoms with Crippen LogP contribution in [0, 0.1) is 0 Å². The molecule has 1 aromatic heterocycles. The summed E-state index contributed by atoms with van der Waals surface area (Å²) in [7, 11) is 0. The van der Waals surface area contributed by atoms with Crippen LogP contribution in [0.1, 0.15) is 41.4 Å². The summed E-state index contributed by atoms with van der Waals surface area (Å²) >= 11 is 1.78. The van der Waals surface area contributed by atoms with E-state index in [4.69, 9.17) is 10.5 Å². The summed E-state index contributed by atoms with van der Waals surface area (Å²) in [6, 6.07) is 0.229. The van der Waals surface area contributed by atoms with Crippen LogP contribution in [0.3, 0.4) is 0 Å². The monoisotopic (exact) mass is 226 g/mol. The van der Waals surface area contributed by atoms with Crippen molar-refractivity contribution in [3.8, 4) is 0 Å². The van der Waals surface area contributed by atoms with Gasteiger partial charge in [0.05, 0.1) is 17.3 Å². The quantitative estimate of drug-likeness (QED) is 0.799. The van der Waals surface area contributed by atoms with Crippen molar-refractivity contribution in [2.75, 3.05) is 13.2 Å². The lowest BCUT2D eigenvalue weighted by molar-refractivity contribution is 0.151. The molecule has 0 radical (unpaired) electrons. The van der Waals surface area contributed by atoms with Gasteiger partial charge in [-0.05, 0) is 26.2 Å². The van der Waals surface area contributed by atoms with Gasteiger partial charge in [0.15, 0.2) is 0 Å². The first-order valence-electron chi connectivity index (χ1n) is 5.63. The zero-order chi connectivity index (χ0) is 10.7. The number of aromatic nitrogens is 1. The molecule has 1 atom stereocenters. The molecule has 84 valence electrons. The molecule has 1 aliphatic rings. The highest BCUT2D eigenvalue weighted by atomic mass is 32.1. The number of ether oxygens (including phenoxy) is 1.